The predicted octanol–water partition coefficient (Wildman–Crippen LogP) is 12.2. The highest BCUT2D eigenvalue weighted by Gasteiger charge is 2.24. The van der Waals surface area contributed by atoms with Crippen molar-refractivity contribution in [2.75, 3.05) is 0 Å². The van der Waals surface area contributed by atoms with Crippen LogP contribution in [-0.2, 0) is 0 Å². The van der Waals surface area contributed by atoms with Gasteiger partial charge in [0.25, 0.3) is 5.69 Å². The standard InChI is InChI=1S/C47H35N5O2/c1-28-8-14-31(15-9-28)44-35-20-22-37(48-35)45(32-16-10-29(2)11-17-32)39-24-26-41(50-39)47(34-6-4-5-7-43(34)52(53)54)42-27-25-40(51-42)46(38-23-21-36(44)49-38)33-18-12-30(3)13-19-33/h4-27,48-49H,1-3H3. The summed E-state index contributed by atoms with van der Waals surface area (Å²) in [6.45, 7) is 6.24. The van der Waals surface area contributed by atoms with Gasteiger partial charge in [-0.25, -0.2) is 9.97 Å². The highest BCUT2D eigenvalue weighted by atomic mass is 16.6. The average Bonchev–Trinajstić information content (AvgIpc) is 4.02. The van der Waals surface area contributed by atoms with Crippen molar-refractivity contribution in [1.29, 1.82) is 0 Å². The average molecular weight is 702 g/mol. The number of para-hydroxylation sites is 1. The topological polar surface area (TPSA) is 100 Å². The number of hydrogen-bond donors (Lipinski definition) is 2. The van der Waals surface area contributed by atoms with Crippen molar-refractivity contribution in [2.45, 2.75) is 20.8 Å². The van der Waals surface area contributed by atoms with Crippen LogP contribution >= 0.6 is 0 Å². The van der Waals surface area contributed by atoms with Crippen molar-refractivity contribution in [3.63, 3.8) is 0 Å². The molecule has 2 aliphatic heterocycles. The SMILES string of the molecule is Cc1ccc(-c2c3nc(c(-c4ccccc4[N+](=O)[O-])c4nc(c(-c5ccc(C)cc5)c5ccc([nH]5)c(-c5ccc(C)cc5)c5ccc2[nH]5)C=C4)C=C3)cc1. The Labute approximate surface area is 312 Å². The molecule has 0 saturated carbocycles. The lowest BCUT2D eigenvalue weighted by atomic mass is 10.0. The molecule has 5 heterocycles. The van der Waals surface area contributed by atoms with Gasteiger partial charge in [-0.15, -0.1) is 0 Å². The third-order valence-corrected chi connectivity index (χ3v) is 10.1. The lowest BCUT2D eigenvalue weighted by Crippen LogP contribution is -1.96. The number of nitro benzene ring substituents is 1. The van der Waals surface area contributed by atoms with E-state index in [1.807, 2.05) is 30.4 Å². The smallest absolute Gasteiger partial charge is 0.277 e. The Hall–Kier alpha value is -7.12. The fraction of sp³-hybridized carbons (Fsp3) is 0.0638. The first-order valence-corrected chi connectivity index (χ1v) is 17.9. The highest BCUT2D eigenvalue weighted by molar-refractivity contribution is 6.00. The van der Waals surface area contributed by atoms with E-state index in [1.54, 1.807) is 12.1 Å². The Morgan fingerprint density at radius 1 is 0.444 bits per heavy atom. The first-order chi connectivity index (χ1) is 26.3. The summed E-state index contributed by atoms with van der Waals surface area (Å²) in [6.07, 6.45) is 7.87. The van der Waals surface area contributed by atoms with Crippen LogP contribution in [0.1, 0.15) is 39.5 Å². The molecule has 0 saturated heterocycles. The van der Waals surface area contributed by atoms with E-state index in [-0.39, 0.29) is 10.6 Å². The van der Waals surface area contributed by atoms with E-state index >= 15 is 0 Å². The number of benzene rings is 4. The molecular weight excluding hydrogens is 667 g/mol. The van der Waals surface area contributed by atoms with E-state index in [0.717, 1.165) is 78.0 Å². The van der Waals surface area contributed by atoms with Crippen molar-refractivity contribution >= 4 is 52.1 Å². The zero-order valence-electron chi connectivity index (χ0n) is 30.0. The lowest BCUT2D eigenvalue weighted by Gasteiger charge is -2.08. The molecule has 0 spiro atoms. The van der Waals surface area contributed by atoms with E-state index in [9.17, 15) is 10.1 Å². The Bertz CT molecular complexity index is 2710. The number of aromatic nitrogens is 4. The summed E-state index contributed by atoms with van der Waals surface area (Å²) in [5.41, 5.74) is 16.8. The molecule has 0 aliphatic carbocycles. The first kappa shape index (κ1) is 32.8. The van der Waals surface area contributed by atoms with Crippen LogP contribution in [0.15, 0.2) is 121 Å². The van der Waals surface area contributed by atoms with E-state index in [1.165, 1.54) is 11.6 Å². The number of aromatic amines is 2. The van der Waals surface area contributed by atoms with Gasteiger partial charge in [-0.2, -0.15) is 0 Å². The normalized spacial score (nSPS) is 12.0. The monoisotopic (exact) mass is 701 g/mol. The van der Waals surface area contributed by atoms with Gasteiger partial charge in [-0.3, -0.25) is 10.1 Å². The van der Waals surface area contributed by atoms with Gasteiger partial charge in [0.05, 0.1) is 33.3 Å². The van der Waals surface area contributed by atoms with Crippen LogP contribution in [0.2, 0.25) is 0 Å². The molecule has 3 aromatic heterocycles. The van der Waals surface area contributed by atoms with Crippen LogP contribution in [0.25, 0.3) is 90.9 Å². The molecule has 2 N–H and O–H groups in total. The van der Waals surface area contributed by atoms with Crippen molar-refractivity contribution in [3.05, 3.63) is 171 Å². The summed E-state index contributed by atoms with van der Waals surface area (Å²) in [5, 5.41) is 12.5. The number of H-pyrrole nitrogens is 2. The van der Waals surface area contributed by atoms with Crippen LogP contribution in [-0.4, -0.2) is 24.9 Å². The van der Waals surface area contributed by atoms with Gasteiger partial charge >= 0.3 is 0 Å². The van der Waals surface area contributed by atoms with Crippen LogP contribution in [0.5, 0.6) is 0 Å². The van der Waals surface area contributed by atoms with E-state index in [2.05, 4.69) is 128 Å². The Balaban J connectivity index is 1.48. The van der Waals surface area contributed by atoms with Crippen LogP contribution in [0.3, 0.4) is 0 Å². The number of nitrogens with zero attached hydrogens (tertiary/aromatic N) is 3. The minimum absolute atomic E-state index is 0.0105. The number of rotatable bonds is 5. The summed E-state index contributed by atoms with van der Waals surface area (Å²) >= 11 is 0. The second-order valence-electron chi connectivity index (χ2n) is 13.9. The van der Waals surface area contributed by atoms with Gasteiger partial charge in [-0.1, -0.05) is 102 Å². The molecule has 2 aliphatic rings. The summed E-state index contributed by atoms with van der Waals surface area (Å²) in [4.78, 5) is 30.2. The third kappa shape index (κ3) is 5.82. The molecule has 0 unspecified atom stereocenters. The van der Waals surface area contributed by atoms with Gasteiger partial charge in [0, 0.05) is 50.4 Å². The van der Waals surface area contributed by atoms with Crippen LogP contribution < -0.4 is 0 Å². The van der Waals surface area contributed by atoms with Gasteiger partial charge < -0.3 is 9.97 Å². The van der Waals surface area contributed by atoms with Crippen molar-refractivity contribution in [3.8, 4) is 44.5 Å². The molecule has 7 heteroatoms. The zero-order valence-corrected chi connectivity index (χ0v) is 30.0. The maximum Gasteiger partial charge on any atom is 0.277 e. The van der Waals surface area contributed by atoms with Crippen LogP contribution in [0.4, 0.5) is 5.69 Å². The Morgan fingerprint density at radius 2 is 0.796 bits per heavy atom. The molecule has 7 aromatic rings. The zero-order chi connectivity index (χ0) is 36.9. The van der Waals surface area contributed by atoms with Crippen molar-refractivity contribution in [1.82, 2.24) is 19.9 Å². The molecule has 260 valence electrons. The van der Waals surface area contributed by atoms with Gasteiger partial charge in [-0.05, 0) is 92.1 Å². The summed E-state index contributed by atoms with van der Waals surface area (Å²) < 4.78 is 0. The molecule has 9 rings (SSSR count). The predicted molar refractivity (Wildman–Crippen MR) is 221 cm³/mol. The van der Waals surface area contributed by atoms with Gasteiger partial charge in [0.15, 0.2) is 0 Å². The van der Waals surface area contributed by atoms with E-state index < -0.39 is 0 Å². The number of aryl methyl sites for hydroxylation is 3. The molecule has 8 bridgehead atoms. The molecular formula is C47H35N5O2. The Morgan fingerprint density at radius 3 is 1.20 bits per heavy atom. The van der Waals surface area contributed by atoms with Gasteiger partial charge in [0.1, 0.15) is 0 Å². The second kappa shape index (κ2) is 13.1. The number of nitrogens with one attached hydrogen (secondary N) is 2. The fourth-order valence-electron chi connectivity index (χ4n) is 7.41. The maximum atomic E-state index is 12.5. The molecule has 54 heavy (non-hydrogen) atoms. The Kier molecular flexibility index (Phi) is 7.97. The summed E-state index contributed by atoms with van der Waals surface area (Å²) in [7, 11) is 0. The van der Waals surface area contributed by atoms with Gasteiger partial charge in [0.2, 0.25) is 0 Å². The molecule has 7 nitrogen and oxygen atoms in total. The quantitative estimate of drug-likeness (QED) is 0.138. The maximum absolute atomic E-state index is 12.5. The third-order valence-electron chi connectivity index (χ3n) is 10.1. The minimum atomic E-state index is -0.341. The highest BCUT2D eigenvalue weighted by Crippen LogP contribution is 2.40. The number of hydrogen-bond acceptors (Lipinski definition) is 4. The molecule has 0 radical (unpaired) electrons. The van der Waals surface area contributed by atoms with E-state index in [0.29, 0.717) is 22.5 Å². The van der Waals surface area contributed by atoms with Crippen molar-refractivity contribution < 1.29 is 4.92 Å². The molecule has 0 amide bonds. The number of fused-ring (bicyclic) bond motifs is 8. The van der Waals surface area contributed by atoms with E-state index in [4.69, 9.17) is 9.97 Å². The summed E-state index contributed by atoms with van der Waals surface area (Å²) in [6, 6.07) is 40.7. The number of nitro groups is 1. The molecule has 0 atom stereocenters. The molecule has 4 aromatic carbocycles. The van der Waals surface area contributed by atoms with Crippen LogP contribution in [0, 0.1) is 30.9 Å². The first-order valence-electron chi connectivity index (χ1n) is 17.9. The minimum Gasteiger partial charge on any atom is -0.354 e. The fourth-order valence-corrected chi connectivity index (χ4v) is 7.41. The second-order valence-corrected chi connectivity index (χ2v) is 13.9. The summed E-state index contributed by atoms with van der Waals surface area (Å²) in [5.74, 6) is 0. The lowest BCUT2D eigenvalue weighted by molar-refractivity contribution is -0.384. The van der Waals surface area contributed by atoms with Crippen molar-refractivity contribution in [2.24, 2.45) is 0 Å². The largest absolute Gasteiger partial charge is 0.354 e. The molecule has 0 fully saturated rings.